The number of amides is 1. The zero-order chi connectivity index (χ0) is 23.8. The van der Waals surface area contributed by atoms with E-state index in [4.69, 9.17) is 4.74 Å². The summed E-state index contributed by atoms with van der Waals surface area (Å²) in [5.41, 5.74) is 2.38. The van der Waals surface area contributed by atoms with Gasteiger partial charge in [0, 0.05) is 25.1 Å². The van der Waals surface area contributed by atoms with Crippen LogP contribution in [0.25, 0.3) is 11.1 Å². The summed E-state index contributed by atoms with van der Waals surface area (Å²) in [6.07, 6.45) is -3.34. The minimum atomic E-state index is -4.65. The zero-order valence-corrected chi connectivity index (χ0v) is 17.9. The molecule has 0 saturated heterocycles. The third-order valence-electron chi connectivity index (χ3n) is 5.19. The lowest BCUT2D eigenvalue weighted by Crippen LogP contribution is -2.28. The van der Waals surface area contributed by atoms with Crippen molar-refractivity contribution >= 4 is 23.0 Å². The molecule has 9 heteroatoms. The lowest BCUT2D eigenvalue weighted by Gasteiger charge is -2.16. The van der Waals surface area contributed by atoms with Crippen LogP contribution in [-0.4, -0.2) is 18.2 Å². The Morgan fingerprint density at radius 1 is 1.12 bits per heavy atom. The van der Waals surface area contributed by atoms with Crippen LogP contribution < -0.4 is 14.8 Å². The highest BCUT2D eigenvalue weighted by molar-refractivity contribution is 6.17. The molecule has 0 aliphatic carbocycles. The first-order valence-electron chi connectivity index (χ1n) is 10.2. The third kappa shape index (κ3) is 4.67. The number of aliphatic imine (C=N–C) groups is 1. The normalized spacial score (nSPS) is 13.6. The van der Waals surface area contributed by atoms with Gasteiger partial charge < -0.3 is 15.3 Å². The summed E-state index contributed by atoms with van der Waals surface area (Å²) in [7, 11) is 0. The Morgan fingerprint density at radius 3 is 2.55 bits per heavy atom. The molecule has 170 valence electrons. The summed E-state index contributed by atoms with van der Waals surface area (Å²) in [5.74, 6) is -0.819. The van der Waals surface area contributed by atoms with Gasteiger partial charge in [-0.2, -0.15) is 17.9 Å². The molecule has 0 unspecified atom stereocenters. The molecule has 1 aliphatic rings. The molecule has 6 nitrogen and oxygen atoms in total. The molecular formula is C24H20F3N3O3. The predicted octanol–water partition coefficient (Wildman–Crippen LogP) is 5.18. The summed E-state index contributed by atoms with van der Waals surface area (Å²) in [4.78, 5) is 17.0. The van der Waals surface area contributed by atoms with E-state index in [9.17, 15) is 23.2 Å². The van der Waals surface area contributed by atoms with Crippen LogP contribution in [0.2, 0.25) is 0 Å². The molecule has 1 N–H and O–H groups in total. The number of carbonyl (C=O) groups excluding carboxylic acids is 1. The zero-order valence-electron chi connectivity index (χ0n) is 17.9. The van der Waals surface area contributed by atoms with E-state index in [1.54, 1.807) is 38.1 Å². The number of hydrogen-bond acceptors (Lipinski definition) is 4. The van der Waals surface area contributed by atoms with E-state index in [-0.39, 0.29) is 30.2 Å². The summed E-state index contributed by atoms with van der Waals surface area (Å²) >= 11 is 0. The van der Waals surface area contributed by atoms with Gasteiger partial charge in [0.05, 0.1) is 35.7 Å². The second kappa shape index (κ2) is 8.57. The minimum Gasteiger partial charge on any atom is -0.619 e. The monoisotopic (exact) mass is 455 g/mol. The number of nitrogens with one attached hydrogen (secondary N) is 1. The number of ether oxygens (including phenoxy) is 1. The number of hydrogen-bond donors (Lipinski definition) is 1. The van der Waals surface area contributed by atoms with Crippen LogP contribution in [0, 0.1) is 12.1 Å². The molecule has 0 spiro atoms. The largest absolute Gasteiger partial charge is 0.619 e. The van der Waals surface area contributed by atoms with Crippen LogP contribution in [0.4, 0.5) is 24.5 Å². The van der Waals surface area contributed by atoms with E-state index in [0.717, 1.165) is 21.9 Å². The van der Waals surface area contributed by atoms with Crippen LogP contribution in [0.1, 0.15) is 30.2 Å². The van der Waals surface area contributed by atoms with Crippen molar-refractivity contribution in [2.24, 2.45) is 4.99 Å². The van der Waals surface area contributed by atoms with E-state index in [0.29, 0.717) is 17.0 Å². The quantitative estimate of drug-likeness (QED) is 0.435. The molecule has 0 atom stereocenters. The van der Waals surface area contributed by atoms with Gasteiger partial charge >= 0.3 is 6.18 Å². The molecule has 0 bridgehead atoms. The lowest BCUT2D eigenvalue weighted by molar-refractivity contribution is -0.612. The van der Waals surface area contributed by atoms with Crippen LogP contribution in [0.15, 0.2) is 59.7 Å². The molecule has 1 aliphatic heterocycles. The Hall–Kier alpha value is -3.88. The Kier molecular flexibility index (Phi) is 5.80. The van der Waals surface area contributed by atoms with Gasteiger partial charge in [0.2, 0.25) is 5.91 Å². The predicted molar refractivity (Wildman–Crippen MR) is 118 cm³/mol. The van der Waals surface area contributed by atoms with Crippen LogP contribution in [-0.2, 0) is 11.0 Å². The van der Waals surface area contributed by atoms with Crippen molar-refractivity contribution in [3.63, 3.8) is 0 Å². The second-order valence-electron chi connectivity index (χ2n) is 7.54. The number of fused-ring (bicyclic) bond motifs is 1. The van der Waals surface area contributed by atoms with Gasteiger partial charge in [-0.3, -0.25) is 4.79 Å². The molecule has 2 aromatic carbocycles. The van der Waals surface area contributed by atoms with E-state index in [1.807, 2.05) is 12.1 Å². The Labute approximate surface area is 187 Å². The number of rotatable bonds is 4. The smallest absolute Gasteiger partial charge is 0.420 e. The first-order chi connectivity index (χ1) is 15.7. The fourth-order valence-corrected chi connectivity index (χ4v) is 3.62. The SMILES string of the molecule is CCOc1cc2c(cc1C(F)(F)F)NC(=O)CC(c1cccc(-c3cc[n+]([O-])c(C)c3)c1)=N2. The Balaban J connectivity index is 1.80. The number of pyridine rings is 1. The topological polar surface area (TPSA) is 77.6 Å². The van der Waals surface area contributed by atoms with Crippen molar-refractivity contribution in [3.05, 3.63) is 76.8 Å². The molecule has 0 fully saturated rings. The van der Waals surface area contributed by atoms with Crippen molar-refractivity contribution in [3.8, 4) is 16.9 Å². The number of anilines is 1. The number of carbonyl (C=O) groups is 1. The Morgan fingerprint density at radius 2 is 1.85 bits per heavy atom. The number of aryl methyl sites for hydroxylation is 1. The average Bonchev–Trinajstić information content (AvgIpc) is 2.92. The first-order valence-corrected chi connectivity index (χ1v) is 10.2. The van der Waals surface area contributed by atoms with E-state index in [1.165, 1.54) is 12.3 Å². The van der Waals surface area contributed by atoms with Crippen molar-refractivity contribution in [2.75, 3.05) is 11.9 Å². The first kappa shape index (κ1) is 22.3. The number of nitrogens with zero attached hydrogens (tertiary/aromatic N) is 2. The molecule has 33 heavy (non-hydrogen) atoms. The van der Waals surface area contributed by atoms with E-state index >= 15 is 0 Å². The van der Waals surface area contributed by atoms with Gasteiger partial charge in [-0.1, -0.05) is 18.2 Å². The highest BCUT2D eigenvalue weighted by atomic mass is 19.4. The minimum absolute atomic E-state index is 0.0272. The number of alkyl halides is 3. The van der Waals surface area contributed by atoms with Gasteiger partial charge in [-0.05, 0) is 35.7 Å². The van der Waals surface area contributed by atoms with Gasteiger partial charge in [0.15, 0.2) is 11.9 Å². The standard InChI is InChI=1S/C24H20F3N3O3/c1-3-33-22-12-21-20(11-18(22)24(25,26)27)29-23(31)13-19(28-21)17-6-4-5-15(10-17)16-7-8-30(32)14(2)9-16/h4-12H,3,13H2,1-2H3,(H,29,31). The summed E-state index contributed by atoms with van der Waals surface area (Å²) in [5, 5.41) is 14.2. The maximum absolute atomic E-state index is 13.5. The Bertz CT molecular complexity index is 1270. The lowest BCUT2D eigenvalue weighted by atomic mass is 10.00. The maximum atomic E-state index is 13.5. The molecule has 0 saturated carbocycles. The van der Waals surface area contributed by atoms with Gasteiger partial charge in [0.1, 0.15) is 5.75 Å². The molecular weight excluding hydrogens is 435 g/mol. The summed E-state index contributed by atoms with van der Waals surface area (Å²) in [6, 6.07) is 12.7. The molecule has 1 amide bonds. The average molecular weight is 455 g/mol. The van der Waals surface area contributed by atoms with E-state index in [2.05, 4.69) is 10.3 Å². The maximum Gasteiger partial charge on any atom is 0.420 e. The van der Waals surface area contributed by atoms with Crippen molar-refractivity contribution in [2.45, 2.75) is 26.4 Å². The summed E-state index contributed by atoms with van der Waals surface area (Å²) < 4.78 is 46.4. The second-order valence-corrected chi connectivity index (χ2v) is 7.54. The number of benzene rings is 2. The van der Waals surface area contributed by atoms with Crippen molar-refractivity contribution in [1.29, 1.82) is 0 Å². The fourth-order valence-electron chi connectivity index (χ4n) is 3.62. The van der Waals surface area contributed by atoms with Crippen LogP contribution in [0.3, 0.4) is 0 Å². The van der Waals surface area contributed by atoms with Crippen LogP contribution in [0.5, 0.6) is 5.75 Å². The van der Waals surface area contributed by atoms with Crippen LogP contribution >= 0.6 is 0 Å². The number of aromatic nitrogens is 1. The van der Waals surface area contributed by atoms with Gasteiger partial charge in [-0.25, -0.2) is 4.99 Å². The molecule has 2 heterocycles. The van der Waals surface area contributed by atoms with Crippen molar-refractivity contribution in [1.82, 2.24) is 0 Å². The van der Waals surface area contributed by atoms with Crippen molar-refractivity contribution < 1.29 is 27.4 Å². The fraction of sp³-hybridized carbons (Fsp3) is 0.208. The summed E-state index contributed by atoms with van der Waals surface area (Å²) in [6.45, 7) is 3.34. The van der Waals surface area contributed by atoms with E-state index < -0.39 is 17.6 Å². The molecule has 1 aromatic heterocycles. The van der Waals surface area contributed by atoms with Gasteiger partial charge in [-0.15, -0.1) is 0 Å². The molecule has 3 aromatic rings. The van der Waals surface area contributed by atoms with Gasteiger partial charge in [0.25, 0.3) is 0 Å². The third-order valence-corrected chi connectivity index (χ3v) is 5.19. The highest BCUT2D eigenvalue weighted by Gasteiger charge is 2.36. The number of halogens is 3. The highest BCUT2D eigenvalue weighted by Crippen LogP contribution is 2.43. The molecule has 4 rings (SSSR count). The molecule has 0 radical (unpaired) electrons.